The summed E-state index contributed by atoms with van der Waals surface area (Å²) in [6, 6.07) is 12.8. The van der Waals surface area contributed by atoms with Crippen molar-refractivity contribution >= 4 is 37.6 Å². The average molecular weight is 401 g/mol. The zero-order chi connectivity index (χ0) is 17.1. The predicted octanol–water partition coefficient (Wildman–Crippen LogP) is 4.10. The number of rotatable bonds is 5. The number of carbonyl (C=O) groups is 1. The number of ketones is 1. The Bertz CT molecular complexity index is 847. The van der Waals surface area contributed by atoms with Gasteiger partial charge in [0.25, 0.3) is 9.84 Å². The van der Waals surface area contributed by atoms with Crippen molar-refractivity contribution in [2.24, 2.45) is 0 Å². The summed E-state index contributed by atoms with van der Waals surface area (Å²) in [4.78, 5) is 11.1. The van der Waals surface area contributed by atoms with Crippen LogP contribution in [0.2, 0.25) is 0 Å². The maximum absolute atomic E-state index is 14.1. The Kier molecular flexibility index (Phi) is 5.11. The Balaban J connectivity index is 2.32. The van der Waals surface area contributed by atoms with Gasteiger partial charge in [-0.05, 0) is 29.8 Å². The summed E-state index contributed by atoms with van der Waals surface area (Å²) >= 11 is 3.20. The van der Waals surface area contributed by atoms with Crippen LogP contribution in [-0.4, -0.2) is 19.5 Å². The minimum atomic E-state index is -5.10. The van der Waals surface area contributed by atoms with Gasteiger partial charge in [0.1, 0.15) is 0 Å². The molecule has 0 aliphatic heterocycles. The van der Waals surface area contributed by atoms with E-state index in [2.05, 4.69) is 15.9 Å². The van der Waals surface area contributed by atoms with Crippen LogP contribution >= 0.6 is 15.9 Å². The number of sulfone groups is 1. The van der Waals surface area contributed by atoms with E-state index in [1.165, 1.54) is 18.2 Å². The molecular weight excluding hydrogens is 390 g/mol. The van der Waals surface area contributed by atoms with Gasteiger partial charge in [-0.15, -0.1) is 0 Å². The Morgan fingerprint density at radius 3 is 2.17 bits per heavy atom. The summed E-state index contributed by atoms with van der Waals surface area (Å²) in [6.07, 6.45) is 1.71. The fraction of sp³-hybridized carbons (Fsp3) is 0.0625. The maximum Gasteiger partial charge on any atom is 0.410 e. The van der Waals surface area contributed by atoms with Crippen molar-refractivity contribution in [1.82, 2.24) is 0 Å². The molecule has 0 aromatic heterocycles. The van der Waals surface area contributed by atoms with Crippen LogP contribution in [0.25, 0.3) is 6.08 Å². The number of hydrogen-bond donors (Lipinski definition) is 0. The second-order valence-corrected chi connectivity index (χ2v) is 7.40. The summed E-state index contributed by atoms with van der Waals surface area (Å²) < 4.78 is 52.7. The SMILES string of the molecule is O=C(/C=C/c1ccccc1Br)C(F)(F)S(=O)(=O)c1ccccc1. The molecule has 0 aliphatic rings. The Morgan fingerprint density at radius 1 is 1.00 bits per heavy atom. The molecule has 0 saturated heterocycles. The Morgan fingerprint density at radius 2 is 1.57 bits per heavy atom. The molecule has 120 valence electrons. The number of benzene rings is 2. The lowest BCUT2D eigenvalue weighted by molar-refractivity contribution is -0.128. The monoisotopic (exact) mass is 400 g/mol. The molecule has 0 fully saturated rings. The molecule has 7 heteroatoms. The summed E-state index contributed by atoms with van der Waals surface area (Å²) in [6.45, 7) is 0. The zero-order valence-corrected chi connectivity index (χ0v) is 14.0. The van der Waals surface area contributed by atoms with Crippen molar-refractivity contribution in [3.05, 3.63) is 70.7 Å². The van der Waals surface area contributed by atoms with Crippen molar-refractivity contribution in [2.75, 3.05) is 0 Å². The first-order valence-corrected chi connectivity index (χ1v) is 8.69. The topological polar surface area (TPSA) is 51.2 Å². The van der Waals surface area contributed by atoms with Crippen LogP contribution in [-0.2, 0) is 14.6 Å². The normalized spacial score (nSPS) is 12.5. The van der Waals surface area contributed by atoms with E-state index in [1.54, 1.807) is 24.3 Å². The van der Waals surface area contributed by atoms with Crippen LogP contribution in [0.3, 0.4) is 0 Å². The van der Waals surface area contributed by atoms with Gasteiger partial charge in [-0.1, -0.05) is 58.4 Å². The number of allylic oxidation sites excluding steroid dienone is 1. The number of carbonyl (C=O) groups excluding carboxylic acids is 1. The van der Waals surface area contributed by atoms with E-state index in [4.69, 9.17) is 0 Å². The lowest BCUT2D eigenvalue weighted by Gasteiger charge is -2.14. The third-order valence-electron chi connectivity index (χ3n) is 3.00. The van der Waals surface area contributed by atoms with Gasteiger partial charge in [0.2, 0.25) is 5.78 Å². The predicted molar refractivity (Wildman–Crippen MR) is 86.8 cm³/mol. The van der Waals surface area contributed by atoms with Crippen molar-refractivity contribution in [3.8, 4) is 0 Å². The molecule has 0 N–H and O–H groups in total. The van der Waals surface area contributed by atoms with Crippen molar-refractivity contribution < 1.29 is 22.0 Å². The van der Waals surface area contributed by atoms with E-state index >= 15 is 0 Å². The third-order valence-corrected chi connectivity index (χ3v) is 5.49. The van der Waals surface area contributed by atoms with E-state index in [9.17, 15) is 22.0 Å². The molecule has 0 bridgehead atoms. The molecule has 0 unspecified atom stereocenters. The molecule has 0 aliphatic carbocycles. The molecule has 0 spiro atoms. The van der Waals surface area contributed by atoms with Crippen LogP contribution in [0.15, 0.2) is 70.0 Å². The Hall–Kier alpha value is -1.86. The van der Waals surface area contributed by atoms with Crippen molar-refractivity contribution in [3.63, 3.8) is 0 Å². The lowest BCUT2D eigenvalue weighted by Crippen LogP contribution is -2.36. The molecule has 2 aromatic carbocycles. The highest BCUT2D eigenvalue weighted by Crippen LogP contribution is 2.30. The maximum atomic E-state index is 14.1. The fourth-order valence-electron chi connectivity index (χ4n) is 1.75. The molecule has 0 heterocycles. The summed E-state index contributed by atoms with van der Waals surface area (Å²) in [5.74, 6) is -1.79. The molecular formula is C16H11BrF2O3S. The van der Waals surface area contributed by atoms with Crippen LogP contribution in [0.1, 0.15) is 5.56 Å². The van der Waals surface area contributed by atoms with E-state index in [0.717, 1.165) is 18.2 Å². The quantitative estimate of drug-likeness (QED) is 0.709. The van der Waals surface area contributed by atoms with Crippen LogP contribution in [0.5, 0.6) is 0 Å². The van der Waals surface area contributed by atoms with Crippen LogP contribution in [0, 0.1) is 0 Å². The molecule has 3 nitrogen and oxygen atoms in total. The molecule has 0 amide bonds. The first kappa shape index (κ1) is 17.5. The minimum absolute atomic E-state index is 0.480. The highest BCUT2D eigenvalue weighted by Gasteiger charge is 2.51. The van der Waals surface area contributed by atoms with E-state index in [-0.39, 0.29) is 0 Å². The second kappa shape index (κ2) is 6.72. The zero-order valence-electron chi connectivity index (χ0n) is 11.6. The smallest absolute Gasteiger partial charge is 0.287 e. The highest BCUT2D eigenvalue weighted by atomic mass is 79.9. The minimum Gasteiger partial charge on any atom is -0.287 e. The molecule has 2 aromatic rings. The largest absolute Gasteiger partial charge is 0.410 e. The molecule has 0 radical (unpaired) electrons. The third kappa shape index (κ3) is 3.56. The van der Waals surface area contributed by atoms with Crippen LogP contribution < -0.4 is 0 Å². The van der Waals surface area contributed by atoms with Gasteiger partial charge in [0.05, 0.1) is 4.90 Å². The van der Waals surface area contributed by atoms with Gasteiger partial charge >= 0.3 is 5.25 Å². The Labute approximate surface area is 140 Å². The first-order chi connectivity index (χ1) is 10.8. The molecule has 2 rings (SSSR count). The van der Waals surface area contributed by atoms with E-state index < -0.39 is 25.8 Å². The van der Waals surface area contributed by atoms with Gasteiger partial charge in [-0.25, -0.2) is 8.42 Å². The molecule has 0 saturated carbocycles. The summed E-state index contributed by atoms with van der Waals surface area (Å²) in [5.41, 5.74) is 0.480. The number of hydrogen-bond acceptors (Lipinski definition) is 3. The number of halogens is 3. The summed E-state index contributed by atoms with van der Waals surface area (Å²) in [5, 5.41) is -4.54. The van der Waals surface area contributed by atoms with Crippen LogP contribution in [0.4, 0.5) is 8.78 Å². The van der Waals surface area contributed by atoms with Gasteiger partial charge in [-0.3, -0.25) is 4.79 Å². The van der Waals surface area contributed by atoms with Gasteiger partial charge in [0, 0.05) is 4.47 Å². The molecule has 0 atom stereocenters. The number of alkyl halides is 2. The summed E-state index contributed by atoms with van der Waals surface area (Å²) in [7, 11) is -5.10. The van der Waals surface area contributed by atoms with Crippen molar-refractivity contribution in [1.29, 1.82) is 0 Å². The van der Waals surface area contributed by atoms with E-state index in [0.29, 0.717) is 16.1 Å². The first-order valence-electron chi connectivity index (χ1n) is 6.41. The highest BCUT2D eigenvalue weighted by molar-refractivity contribution is 9.10. The van der Waals surface area contributed by atoms with Gasteiger partial charge < -0.3 is 0 Å². The average Bonchev–Trinajstić information content (AvgIpc) is 2.54. The van der Waals surface area contributed by atoms with Gasteiger partial charge in [-0.2, -0.15) is 8.78 Å². The van der Waals surface area contributed by atoms with Gasteiger partial charge in [0.15, 0.2) is 0 Å². The fourth-order valence-corrected chi connectivity index (χ4v) is 3.31. The van der Waals surface area contributed by atoms with E-state index in [1.807, 2.05) is 0 Å². The van der Waals surface area contributed by atoms with Crippen molar-refractivity contribution in [2.45, 2.75) is 10.2 Å². The molecule has 23 heavy (non-hydrogen) atoms. The standard InChI is InChI=1S/C16H11BrF2O3S/c17-14-9-5-4-6-12(14)10-11-15(20)16(18,19)23(21,22)13-7-2-1-3-8-13/h1-11H/b11-10+. The lowest BCUT2D eigenvalue weighted by atomic mass is 10.2. The second-order valence-electron chi connectivity index (χ2n) is 4.55.